The molecule has 3 aromatic rings. The van der Waals surface area contributed by atoms with E-state index in [9.17, 15) is 15.3 Å². The zero-order valence-electron chi connectivity index (χ0n) is 16.1. The number of hydrogen-bond donors (Lipinski definition) is 0. The van der Waals surface area contributed by atoms with E-state index >= 15 is 0 Å². The number of nitrogens with zero attached hydrogens (tertiary/aromatic N) is 3. The van der Waals surface area contributed by atoms with Crippen molar-refractivity contribution in [3.05, 3.63) is 63.4 Å². The van der Waals surface area contributed by atoms with Crippen molar-refractivity contribution in [3.63, 3.8) is 0 Å². The number of carbonyl (C=O) groups excluding carboxylic acids is 1. The standard InChI is InChI=1S/C24H17N3O2S/c25-12-15(13-26)21-17-8-4-5-9-18(17)22(28)19(21)10-16-11-20-23(29-16)27-24(30-20)14-6-2-1-3-7-14/h4-5,8-11,14H,1-3,6-7H2/b19-10-. The van der Waals surface area contributed by atoms with E-state index in [-0.39, 0.29) is 11.4 Å². The number of rotatable bonds is 2. The van der Waals surface area contributed by atoms with Crippen LogP contribution in [-0.4, -0.2) is 10.8 Å². The molecular weight excluding hydrogens is 394 g/mol. The van der Waals surface area contributed by atoms with Crippen molar-refractivity contribution in [1.82, 2.24) is 4.98 Å². The molecule has 0 spiro atoms. The van der Waals surface area contributed by atoms with E-state index in [0.717, 1.165) is 9.71 Å². The topological polar surface area (TPSA) is 90.7 Å². The zero-order valence-corrected chi connectivity index (χ0v) is 17.0. The summed E-state index contributed by atoms with van der Waals surface area (Å²) < 4.78 is 6.88. The summed E-state index contributed by atoms with van der Waals surface area (Å²) >= 11 is 1.65. The lowest BCUT2D eigenvalue weighted by molar-refractivity contribution is 0.104. The number of furan rings is 1. The third-order valence-corrected chi connectivity index (χ3v) is 6.94. The molecular formula is C24H17N3O2S. The molecule has 1 fully saturated rings. The summed E-state index contributed by atoms with van der Waals surface area (Å²) in [5, 5.41) is 20.0. The molecule has 0 aliphatic heterocycles. The van der Waals surface area contributed by atoms with Gasteiger partial charge in [-0.2, -0.15) is 10.5 Å². The molecule has 1 saturated carbocycles. The van der Waals surface area contributed by atoms with Gasteiger partial charge in [-0.15, -0.1) is 11.3 Å². The van der Waals surface area contributed by atoms with Crippen LogP contribution in [-0.2, 0) is 0 Å². The SMILES string of the molecule is N#CC(C#N)=C1/C(=C/c2cc3sc(C4CCCCC4)nc3o2)C(=O)c2ccccc21. The van der Waals surface area contributed by atoms with Crippen LogP contribution < -0.4 is 0 Å². The van der Waals surface area contributed by atoms with Gasteiger partial charge in [-0.25, -0.2) is 4.98 Å². The minimum atomic E-state index is -0.209. The van der Waals surface area contributed by atoms with Gasteiger partial charge in [-0.1, -0.05) is 43.5 Å². The molecule has 0 bridgehead atoms. The van der Waals surface area contributed by atoms with Crippen LogP contribution in [0, 0.1) is 22.7 Å². The summed E-state index contributed by atoms with van der Waals surface area (Å²) in [6, 6.07) is 12.8. The molecule has 2 aliphatic carbocycles. The Bertz CT molecular complexity index is 1270. The quantitative estimate of drug-likeness (QED) is 0.380. The average molecular weight is 411 g/mol. The van der Waals surface area contributed by atoms with E-state index in [2.05, 4.69) is 0 Å². The Morgan fingerprint density at radius 1 is 1.13 bits per heavy atom. The molecule has 2 aliphatic rings. The molecule has 5 rings (SSSR count). The number of carbonyl (C=O) groups is 1. The second kappa shape index (κ2) is 7.40. The summed E-state index contributed by atoms with van der Waals surface area (Å²) in [6.07, 6.45) is 7.79. The predicted octanol–water partition coefficient (Wildman–Crippen LogP) is 6.02. The fraction of sp³-hybridized carbons (Fsp3) is 0.250. The summed E-state index contributed by atoms with van der Waals surface area (Å²) in [4.78, 5) is 17.7. The molecule has 0 amide bonds. The lowest BCUT2D eigenvalue weighted by Crippen LogP contribution is -2.03. The maximum Gasteiger partial charge on any atom is 0.237 e. The van der Waals surface area contributed by atoms with Gasteiger partial charge in [0.05, 0.1) is 4.70 Å². The van der Waals surface area contributed by atoms with Crippen molar-refractivity contribution in [2.24, 2.45) is 0 Å². The molecule has 2 heterocycles. The number of allylic oxidation sites excluding steroid dienone is 3. The fourth-order valence-corrected chi connectivity index (χ4v) is 5.46. The number of Topliss-reactive ketones (excluding diaryl/α,β-unsaturated/α-hetero) is 1. The Labute approximate surface area is 177 Å². The number of thiazole rings is 1. The Hall–Kier alpha value is -3.48. The van der Waals surface area contributed by atoms with Crippen LogP contribution in [0.3, 0.4) is 0 Å². The average Bonchev–Trinajstić information content (AvgIpc) is 3.42. The molecule has 6 heteroatoms. The lowest BCUT2D eigenvalue weighted by atomic mass is 9.90. The van der Waals surface area contributed by atoms with Crippen molar-refractivity contribution in [3.8, 4) is 12.1 Å². The van der Waals surface area contributed by atoms with Crippen LogP contribution >= 0.6 is 11.3 Å². The first-order valence-corrected chi connectivity index (χ1v) is 10.8. The van der Waals surface area contributed by atoms with Gasteiger partial charge in [0.25, 0.3) is 0 Å². The molecule has 1 aromatic carbocycles. The van der Waals surface area contributed by atoms with Gasteiger partial charge < -0.3 is 4.42 Å². The third kappa shape index (κ3) is 2.98. The lowest BCUT2D eigenvalue weighted by Gasteiger charge is -2.18. The fourth-order valence-electron chi connectivity index (χ4n) is 4.35. The number of hydrogen-bond acceptors (Lipinski definition) is 6. The Kier molecular flexibility index (Phi) is 4.58. The molecule has 2 aromatic heterocycles. The van der Waals surface area contributed by atoms with Crippen LogP contribution in [0.1, 0.15) is 64.7 Å². The van der Waals surface area contributed by atoms with Crippen LogP contribution in [0.4, 0.5) is 0 Å². The summed E-state index contributed by atoms with van der Waals surface area (Å²) in [5.41, 5.74) is 2.29. The largest absolute Gasteiger partial charge is 0.437 e. The normalized spacial score (nSPS) is 17.9. The van der Waals surface area contributed by atoms with Gasteiger partial charge in [0, 0.05) is 28.7 Å². The Morgan fingerprint density at radius 2 is 1.87 bits per heavy atom. The Morgan fingerprint density at radius 3 is 2.57 bits per heavy atom. The molecule has 0 N–H and O–H groups in total. The van der Waals surface area contributed by atoms with E-state index in [4.69, 9.17) is 9.40 Å². The van der Waals surface area contributed by atoms with E-state index < -0.39 is 0 Å². The highest BCUT2D eigenvalue weighted by Crippen LogP contribution is 2.41. The number of benzene rings is 1. The minimum absolute atomic E-state index is 0.0781. The minimum Gasteiger partial charge on any atom is -0.437 e. The van der Waals surface area contributed by atoms with E-state index in [0.29, 0.717) is 39.7 Å². The summed E-state index contributed by atoms with van der Waals surface area (Å²) in [7, 11) is 0. The third-order valence-electron chi connectivity index (χ3n) is 5.79. The smallest absolute Gasteiger partial charge is 0.237 e. The summed E-state index contributed by atoms with van der Waals surface area (Å²) in [5.74, 6) is 0.810. The first-order chi connectivity index (χ1) is 14.7. The van der Waals surface area contributed by atoms with Crippen LogP contribution in [0.25, 0.3) is 22.1 Å². The zero-order chi connectivity index (χ0) is 20.7. The Balaban J connectivity index is 1.56. The van der Waals surface area contributed by atoms with Crippen molar-refractivity contribution in [2.75, 3.05) is 0 Å². The second-order valence-corrected chi connectivity index (χ2v) is 8.67. The number of nitriles is 2. The molecule has 146 valence electrons. The first-order valence-electron chi connectivity index (χ1n) is 10.0. The van der Waals surface area contributed by atoms with E-state index in [1.165, 1.54) is 32.1 Å². The highest BCUT2D eigenvalue weighted by atomic mass is 32.1. The van der Waals surface area contributed by atoms with Crippen LogP contribution in [0.2, 0.25) is 0 Å². The molecule has 0 radical (unpaired) electrons. The molecule has 0 saturated heterocycles. The van der Waals surface area contributed by atoms with Crippen molar-refractivity contribution >= 4 is 39.2 Å². The van der Waals surface area contributed by atoms with Gasteiger partial charge >= 0.3 is 0 Å². The van der Waals surface area contributed by atoms with Crippen molar-refractivity contribution in [2.45, 2.75) is 38.0 Å². The van der Waals surface area contributed by atoms with E-state index in [1.54, 1.807) is 41.7 Å². The van der Waals surface area contributed by atoms with Gasteiger partial charge in [-0.05, 0) is 24.5 Å². The first kappa shape index (κ1) is 18.5. The summed E-state index contributed by atoms with van der Waals surface area (Å²) in [6.45, 7) is 0. The number of aromatic nitrogens is 1. The van der Waals surface area contributed by atoms with Crippen molar-refractivity contribution < 1.29 is 9.21 Å². The van der Waals surface area contributed by atoms with E-state index in [1.807, 2.05) is 18.2 Å². The molecule has 5 nitrogen and oxygen atoms in total. The van der Waals surface area contributed by atoms with Crippen LogP contribution in [0.15, 0.2) is 45.9 Å². The monoisotopic (exact) mass is 411 g/mol. The molecule has 30 heavy (non-hydrogen) atoms. The van der Waals surface area contributed by atoms with Crippen molar-refractivity contribution in [1.29, 1.82) is 10.5 Å². The second-order valence-electron chi connectivity index (χ2n) is 7.61. The number of fused-ring (bicyclic) bond motifs is 2. The predicted molar refractivity (Wildman–Crippen MR) is 115 cm³/mol. The maximum atomic E-state index is 13.0. The van der Waals surface area contributed by atoms with Crippen LogP contribution in [0.5, 0.6) is 0 Å². The van der Waals surface area contributed by atoms with Gasteiger partial charge in [-0.3, -0.25) is 4.79 Å². The van der Waals surface area contributed by atoms with Gasteiger partial charge in [0.1, 0.15) is 28.5 Å². The highest BCUT2D eigenvalue weighted by molar-refractivity contribution is 7.18. The maximum absolute atomic E-state index is 13.0. The molecule has 0 atom stereocenters. The number of ketones is 1. The highest BCUT2D eigenvalue weighted by Gasteiger charge is 2.32. The van der Waals surface area contributed by atoms with Gasteiger partial charge in [0.15, 0.2) is 5.78 Å². The molecule has 0 unspecified atom stereocenters. The van der Waals surface area contributed by atoms with Gasteiger partial charge in [0.2, 0.25) is 5.71 Å².